The normalized spacial score (nSPS) is 14.9. The lowest BCUT2D eigenvalue weighted by Gasteiger charge is -2.43. The van der Waals surface area contributed by atoms with E-state index in [4.69, 9.17) is 9.16 Å². The Morgan fingerprint density at radius 1 is 1.00 bits per heavy atom. The maximum atomic E-state index is 6.80. The highest BCUT2D eigenvalue weighted by atomic mass is 32.1. The molecule has 33 heavy (non-hydrogen) atoms. The lowest BCUT2D eigenvalue weighted by atomic mass is 9.89. The van der Waals surface area contributed by atoms with Crippen LogP contribution in [0.5, 0.6) is 5.75 Å². The summed E-state index contributed by atoms with van der Waals surface area (Å²) >= 11 is 1.89. The zero-order chi connectivity index (χ0) is 25.0. The zero-order valence-corrected chi connectivity index (χ0v) is 24.9. The van der Waals surface area contributed by atoms with E-state index in [-0.39, 0.29) is 16.6 Å². The number of hydrogen-bond acceptors (Lipinski definition) is 3. The van der Waals surface area contributed by atoms with Crippen molar-refractivity contribution in [1.29, 1.82) is 0 Å². The molecule has 1 aromatic carbocycles. The summed E-state index contributed by atoms with van der Waals surface area (Å²) in [5.41, 5.74) is 4.06. The average molecular weight is 489 g/mol. The van der Waals surface area contributed by atoms with Crippen LogP contribution in [0.1, 0.15) is 88.8 Å². The lowest BCUT2D eigenvalue weighted by Crippen LogP contribution is -2.49. The third-order valence-electron chi connectivity index (χ3n) is 7.29. The van der Waals surface area contributed by atoms with Crippen LogP contribution in [0, 0.1) is 19.3 Å². The van der Waals surface area contributed by atoms with Gasteiger partial charge in [0.15, 0.2) is 8.32 Å². The molecule has 2 atom stereocenters. The maximum Gasteiger partial charge on any atom is 0.192 e. The van der Waals surface area contributed by atoms with Gasteiger partial charge < -0.3 is 9.16 Å². The molecule has 2 nitrogen and oxygen atoms in total. The first-order chi connectivity index (χ1) is 15.1. The van der Waals surface area contributed by atoms with E-state index in [1.54, 1.807) is 0 Å². The van der Waals surface area contributed by atoms with Crippen LogP contribution in [0.15, 0.2) is 29.6 Å². The predicted octanol–water partition coefficient (Wildman–Crippen LogP) is 9.31. The number of thiophene rings is 1. The molecule has 0 radical (unpaired) electrons. The van der Waals surface area contributed by atoms with Crippen molar-refractivity contribution in [3.05, 3.63) is 51.2 Å². The third-order valence-corrected chi connectivity index (χ3v) is 12.9. The molecular formula is C29H48O2SSi. The van der Waals surface area contributed by atoms with Gasteiger partial charge in [-0.05, 0) is 96.8 Å². The van der Waals surface area contributed by atoms with Gasteiger partial charge in [0.25, 0.3) is 0 Å². The summed E-state index contributed by atoms with van der Waals surface area (Å²) in [5, 5.41) is 2.44. The van der Waals surface area contributed by atoms with Crippen molar-refractivity contribution >= 4 is 19.7 Å². The van der Waals surface area contributed by atoms with Gasteiger partial charge >= 0.3 is 0 Å². The van der Waals surface area contributed by atoms with Crippen molar-refractivity contribution in [1.82, 2.24) is 0 Å². The van der Waals surface area contributed by atoms with Crippen LogP contribution in [0.3, 0.4) is 0 Å². The number of benzene rings is 1. The van der Waals surface area contributed by atoms with Gasteiger partial charge in [-0.1, -0.05) is 60.6 Å². The predicted molar refractivity (Wildman–Crippen MR) is 149 cm³/mol. The van der Waals surface area contributed by atoms with Gasteiger partial charge in [-0.25, -0.2) is 0 Å². The van der Waals surface area contributed by atoms with Crippen molar-refractivity contribution in [2.45, 2.75) is 112 Å². The second-order valence-corrected chi connectivity index (χ2v) is 18.1. The molecule has 0 saturated heterocycles. The number of hydrogen-bond donors (Lipinski definition) is 0. The van der Waals surface area contributed by atoms with E-state index in [1.165, 1.54) is 28.0 Å². The molecule has 2 aromatic rings. The molecule has 1 aromatic heterocycles. The first kappa shape index (κ1) is 28.1. The van der Waals surface area contributed by atoms with Crippen LogP contribution in [0.2, 0.25) is 18.1 Å². The smallest absolute Gasteiger partial charge is 0.192 e. The minimum absolute atomic E-state index is 0.0246. The molecule has 4 heteroatoms. The molecule has 0 saturated carbocycles. The average Bonchev–Trinajstić information content (AvgIpc) is 3.10. The second kappa shape index (κ2) is 11.1. The molecular weight excluding hydrogens is 440 g/mol. The van der Waals surface area contributed by atoms with Crippen LogP contribution >= 0.6 is 11.3 Å². The van der Waals surface area contributed by atoms with Crippen molar-refractivity contribution in [2.75, 3.05) is 6.61 Å². The van der Waals surface area contributed by atoms with Gasteiger partial charge in [-0.15, -0.1) is 11.3 Å². The van der Waals surface area contributed by atoms with E-state index >= 15 is 0 Å². The first-order valence-corrected chi connectivity index (χ1v) is 16.4. The van der Waals surface area contributed by atoms with E-state index < -0.39 is 8.32 Å². The summed E-state index contributed by atoms with van der Waals surface area (Å²) in [6.07, 6.45) is 3.58. The van der Waals surface area contributed by atoms with Gasteiger partial charge in [-0.3, -0.25) is 0 Å². The molecule has 2 rings (SSSR count). The van der Waals surface area contributed by atoms with Crippen LogP contribution < -0.4 is 4.74 Å². The van der Waals surface area contributed by atoms with Gasteiger partial charge in [0, 0.05) is 4.88 Å². The molecule has 0 amide bonds. The van der Waals surface area contributed by atoms with E-state index in [0.29, 0.717) is 12.5 Å². The maximum absolute atomic E-state index is 6.80. The molecule has 2 unspecified atom stereocenters. The van der Waals surface area contributed by atoms with Gasteiger partial charge in [-0.2, -0.15) is 0 Å². The lowest BCUT2D eigenvalue weighted by molar-refractivity contribution is 0.0310. The Hall–Kier alpha value is -1.10. The Balaban J connectivity index is 2.08. The second-order valence-electron chi connectivity index (χ2n) is 12.3. The standard InChI is InChI=1S/C29H48O2SSi/c1-12-23(13-15-25-17-21(2)20-32-25)24-14-16-26(22(3)18-24)30-19-27(28(4,5)6)31-33(10,11)29(7,8)9/h14,16-18,20,23,27H,12-13,15,19H2,1-11H3. The molecule has 0 aliphatic carbocycles. The fourth-order valence-electron chi connectivity index (χ4n) is 3.79. The SMILES string of the molecule is CCC(CCc1cc(C)cs1)c1ccc(OCC(O[Si](C)(C)C(C)(C)C)C(C)(C)C)c(C)c1. The van der Waals surface area contributed by atoms with Crippen molar-refractivity contribution in [3.63, 3.8) is 0 Å². The molecule has 0 bridgehead atoms. The van der Waals surface area contributed by atoms with Crippen LogP contribution in [0.25, 0.3) is 0 Å². The summed E-state index contributed by atoms with van der Waals surface area (Å²) in [6.45, 7) is 25.6. The highest BCUT2D eigenvalue weighted by molar-refractivity contribution is 7.10. The van der Waals surface area contributed by atoms with Crippen LogP contribution in [0.4, 0.5) is 0 Å². The largest absolute Gasteiger partial charge is 0.491 e. The van der Waals surface area contributed by atoms with E-state index in [0.717, 1.165) is 18.6 Å². The Kier molecular flexibility index (Phi) is 9.46. The van der Waals surface area contributed by atoms with Gasteiger partial charge in [0.1, 0.15) is 12.4 Å². The van der Waals surface area contributed by atoms with Crippen molar-refractivity contribution in [2.24, 2.45) is 5.41 Å². The molecule has 186 valence electrons. The minimum atomic E-state index is -1.87. The Morgan fingerprint density at radius 3 is 2.15 bits per heavy atom. The Labute approximate surface area is 209 Å². The number of aryl methyl sites for hydroxylation is 3. The summed E-state index contributed by atoms with van der Waals surface area (Å²) in [5.74, 6) is 1.57. The first-order valence-electron chi connectivity index (χ1n) is 12.6. The fourth-order valence-corrected chi connectivity index (χ4v) is 6.17. The summed E-state index contributed by atoms with van der Waals surface area (Å²) < 4.78 is 13.2. The summed E-state index contributed by atoms with van der Waals surface area (Å²) in [7, 11) is -1.87. The highest BCUT2D eigenvalue weighted by Gasteiger charge is 2.42. The molecule has 0 aliphatic rings. The Morgan fingerprint density at radius 2 is 1.67 bits per heavy atom. The topological polar surface area (TPSA) is 18.5 Å². The monoisotopic (exact) mass is 488 g/mol. The van der Waals surface area contributed by atoms with Crippen molar-refractivity contribution in [3.8, 4) is 5.75 Å². The quantitative estimate of drug-likeness (QED) is 0.310. The van der Waals surface area contributed by atoms with Crippen LogP contribution in [-0.2, 0) is 10.8 Å². The highest BCUT2D eigenvalue weighted by Crippen LogP contribution is 2.40. The van der Waals surface area contributed by atoms with E-state index in [9.17, 15) is 0 Å². The van der Waals surface area contributed by atoms with Gasteiger partial charge in [0.2, 0.25) is 0 Å². The zero-order valence-electron chi connectivity index (χ0n) is 23.1. The molecule has 0 fully saturated rings. The molecule has 0 aliphatic heterocycles. The number of ether oxygens (including phenoxy) is 1. The van der Waals surface area contributed by atoms with Gasteiger partial charge in [0.05, 0.1) is 6.10 Å². The molecule has 1 heterocycles. The van der Waals surface area contributed by atoms with Crippen LogP contribution in [-0.4, -0.2) is 21.0 Å². The summed E-state index contributed by atoms with van der Waals surface area (Å²) in [4.78, 5) is 1.50. The summed E-state index contributed by atoms with van der Waals surface area (Å²) in [6, 6.07) is 9.12. The molecule has 0 N–H and O–H groups in total. The fraction of sp³-hybridized carbons (Fsp3) is 0.655. The Bertz CT molecular complexity index is 886. The van der Waals surface area contributed by atoms with E-state index in [2.05, 4.69) is 105 Å². The number of rotatable bonds is 10. The minimum Gasteiger partial charge on any atom is -0.491 e. The molecule has 0 spiro atoms. The van der Waals surface area contributed by atoms with E-state index in [1.807, 2.05) is 11.3 Å². The van der Waals surface area contributed by atoms with Crippen molar-refractivity contribution < 1.29 is 9.16 Å². The third kappa shape index (κ3) is 7.97.